The van der Waals surface area contributed by atoms with E-state index in [2.05, 4.69) is 9.97 Å². The number of hydrogen-bond acceptors (Lipinski definition) is 2. The van der Waals surface area contributed by atoms with Gasteiger partial charge in [0.05, 0.1) is 11.2 Å². The molecule has 0 saturated heterocycles. The van der Waals surface area contributed by atoms with E-state index in [-0.39, 0.29) is 5.56 Å². The van der Waals surface area contributed by atoms with Gasteiger partial charge < -0.3 is 4.98 Å². The first-order chi connectivity index (χ1) is 9.31. The van der Waals surface area contributed by atoms with Crippen LogP contribution in [-0.4, -0.2) is 9.97 Å². The number of benzene rings is 1. The van der Waals surface area contributed by atoms with Gasteiger partial charge in [-0.05, 0) is 29.8 Å². The van der Waals surface area contributed by atoms with Crippen LogP contribution in [0.25, 0.3) is 23.1 Å². The third kappa shape index (κ3) is 2.60. The number of nitrogens with one attached hydrogen (secondary N) is 1. The van der Waals surface area contributed by atoms with E-state index in [1.807, 2.05) is 54.6 Å². The average Bonchev–Trinajstić information content (AvgIpc) is 2.45. The number of nitrogens with zero attached hydrogens (tertiary/aromatic N) is 1. The second kappa shape index (κ2) is 4.90. The van der Waals surface area contributed by atoms with Crippen molar-refractivity contribution >= 4 is 23.1 Å². The van der Waals surface area contributed by atoms with Gasteiger partial charge in [0.2, 0.25) is 5.56 Å². The van der Waals surface area contributed by atoms with Crippen LogP contribution in [0, 0.1) is 0 Å². The number of H-pyrrole nitrogens is 1. The van der Waals surface area contributed by atoms with E-state index in [0.717, 1.165) is 22.2 Å². The number of pyridine rings is 2. The topological polar surface area (TPSA) is 45.8 Å². The summed E-state index contributed by atoms with van der Waals surface area (Å²) in [5.41, 5.74) is 2.60. The third-order valence-corrected chi connectivity index (χ3v) is 2.87. The van der Waals surface area contributed by atoms with Gasteiger partial charge in [0.25, 0.3) is 0 Å². The molecule has 1 N–H and O–H groups in total. The summed E-state index contributed by atoms with van der Waals surface area (Å²) in [5, 5.41) is 1.12. The molecule has 0 spiro atoms. The Bertz CT molecular complexity index is 803. The molecule has 0 amide bonds. The lowest BCUT2D eigenvalue weighted by Gasteiger charge is -1.98. The minimum absolute atomic E-state index is 0.103. The average molecular weight is 248 g/mol. The molecule has 0 aliphatic carbocycles. The molecule has 0 fully saturated rings. The van der Waals surface area contributed by atoms with E-state index in [0.29, 0.717) is 0 Å². The lowest BCUT2D eigenvalue weighted by atomic mass is 10.2. The Morgan fingerprint density at radius 2 is 1.89 bits per heavy atom. The highest BCUT2D eigenvalue weighted by Crippen LogP contribution is 2.13. The van der Waals surface area contributed by atoms with E-state index >= 15 is 0 Å². The van der Waals surface area contributed by atoms with Crippen LogP contribution in [0.5, 0.6) is 0 Å². The van der Waals surface area contributed by atoms with E-state index < -0.39 is 0 Å². The molecule has 0 atom stereocenters. The zero-order valence-electron chi connectivity index (χ0n) is 10.2. The molecule has 0 radical (unpaired) electrons. The molecule has 3 nitrogen and oxygen atoms in total. The summed E-state index contributed by atoms with van der Waals surface area (Å²) in [5.74, 6) is 0. The fraction of sp³-hybridized carbons (Fsp3) is 0. The molecule has 2 aromatic heterocycles. The van der Waals surface area contributed by atoms with Gasteiger partial charge in [-0.15, -0.1) is 0 Å². The molecule has 1 aromatic carbocycles. The van der Waals surface area contributed by atoms with Gasteiger partial charge in [0.15, 0.2) is 0 Å². The first-order valence-electron chi connectivity index (χ1n) is 6.04. The summed E-state index contributed by atoms with van der Waals surface area (Å²) in [7, 11) is 0. The van der Waals surface area contributed by atoms with Crippen molar-refractivity contribution in [3.63, 3.8) is 0 Å². The van der Waals surface area contributed by atoms with Crippen LogP contribution in [0.4, 0.5) is 0 Å². The van der Waals surface area contributed by atoms with Crippen molar-refractivity contribution in [1.82, 2.24) is 9.97 Å². The SMILES string of the molecule is O=c1cc(/C=C/c2ccc3ccccc3n2)cc[nH]1. The standard InChI is InChI=1S/C16H12N2O/c19-16-11-12(9-10-17-16)5-7-14-8-6-13-3-1-2-4-15(13)18-14/h1-11H,(H,17,19)/b7-5+. The van der Waals surface area contributed by atoms with Crippen LogP contribution in [0.2, 0.25) is 0 Å². The summed E-state index contributed by atoms with van der Waals surface area (Å²) >= 11 is 0. The minimum Gasteiger partial charge on any atom is -0.329 e. The van der Waals surface area contributed by atoms with Crippen LogP contribution in [0.1, 0.15) is 11.3 Å². The largest absolute Gasteiger partial charge is 0.329 e. The van der Waals surface area contributed by atoms with Gasteiger partial charge in [-0.2, -0.15) is 0 Å². The van der Waals surface area contributed by atoms with Crippen molar-refractivity contribution in [3.8, 4) is 0 Å². The predicted octanol–water partition coefficient (Wildman–Crippen LogP) is 3.09. The maximum atomic E-state index is 11.2. The molecule has 3 aromatic rings. The molecule has 0 bridgehead atoms. The van der Waals surface area contributed by atoms with Crippen molar-refractivity contribution in [1.29, 1.82) is 0 Å². The van der Waals surface area contributed by atoms with E-state index in [9.17, 15) is 4.79 Å². The molecular formula is C16H12N2O. The Hall–Kier alpha value is -2.68. The molecule has 0 aliphatic rings. The van der Waals surface area contributed by atoms with Crippen LogP contribution < -0.4 is 5.56 Å². The lowest BCUT2D eigenvalue weighted by molar-refractivity contribution is 1.23. The Labute approximate surface area is 110 Å². The summed E-state index contributed by atoms with van der Waals surface area (Å²) < 4.78 is 0. The third-order valence-electron chi connectivity index (χ3n) is 2.87. The van der Waals surface area contributed by atoms with Crippen LogP contribution >= 0.6 is 0 Å². The monoisotopic (exact) mass is 248 g/mol. The Morgan fingerprint density at radius 1 is 1.00 bits per heavy atom. The van der Waals surface area contributed by atoms with Crippen molar-refractivity contribution < 1.29 is 0 Å². The fourth-order valence-electron chi connectivity index (χ4n) is 1.92. The highest BCUT2D eigenvalue weighted by molar-refractivity contribution is 5.80. The van der Waals surface area contributed by atoms with E-state index in [1.54, 1.807) is 12.3 Å². The second-order valence-electron chi connectivity index (χ2n) is 4.25. The van der Waals surface area contributed by atoms with Gasteiger partial charge in [-0.3, -0.25) is 4.79 Å². The van der Waals surface area contributed by atoms with Gasteiger partial charge in [0.1, 0.15) is 0 Å². The predicted molar refractivity (Wildman–Crippen MR) is 77.7 cm³/mol. The highest BCUT2D eigenvalue weighted by atomic mass is 16.1. The Morgan fingerprint density at radius 3 is 2.79 bits per heavy atom. The summed E-state index contributed by atoms with van der Waals surface area (Å²) in [6.07, 6.45) is 5.42. The molecule has 3 heteroatoms. The molecule has 92 valence electrons. The van der Waals surface area contributed by atoms with Crippen molar-refractivity contribution in [3.05, 3.63) is 76.3 Å². The smallest absolute Gasteiger partial charge is 0.248 e. The van der Waals surface area contributed by atoms with Gasteiger partial charge in [-0.25, -0.2) is 4.98 Å². The molecule has 0 saturated carbocycles. The van der Waals surface area contributed by atoms with Gasteiger partial charge >= 0.3 is 0 Å². The normalized spacial score (nSPS) is 11.2. The first-order valence-corrected chi connectivity index (χ1v) is 6.04. The number of fused-ring (bicyclic) bond motifs is 1. The molecule has 2 heterocycles. The molecule has 3 rings (SSSR count). The zero-order valence-corrected chi connectivity index (χ0v) is 10.2. The Kier molecular flexibility index (Phi) is 2.94. The molecule has 19 heavy (non-hydrogen) atoms. The lowest BCUT2D eigenvalue weighted by Crippen LogP contribution is -2.01. The van der Waals surface area contributed by atoms with Crippen molar-refractivity contribution in [2.45, 2.75) is 0 Å². The van der Waals surface area contributed by atoms with Gasteiger partial charge in [0, 0.05) is 17.6 Å². The first kappa shape index (κ1) is 11.4. The van der Waals surface area contributed by atoms with E-state index in [1.165, 1.54) is 0 Å². The summed E-state index contributed by atoms with van der Waals surface area (Å²) in [4.78, 5) is 18.3. The minimum atomic E-state index is -0.103. The molecule has 0 aliphatic heterocycles. The fourth-order valence-corrected chi connectivity index (χ4v) is 1.92. The van der Waals surface area contributed by atoms with Gasteiger partial charge in [-0.1, -0.05) is 30.3 Å². The summed E-state index contributed by atoms with van der Waals surface area (Å²) in [6, 6.07) is 15.4. The summed E-state index contributed by atoms with van der Waals surface area (Å²) in [6.45, 7) is 0. The maximum absolute atomic E-state index is 11.2. The zero-order chi connectivity index (χ0) is 13.1. The number of aromatic nitrogens is 2. The maximum Gasteiger partial charge on any atom is 0.248 e. The van der Waals surface area contributed by atoms with Crippen LogP contribution in [-0.2, 0) is 0 Å². The molecule has 0 unspecified atom stereocenters. The number of rotatable bonds is 2. The van der Waals surface area contributed by atoms with Crippen molar-refractivity contribution in [2.24, 2.45) is 0 Å². The molecular weight excluding hydrogens is 236 g/mol. The van der Waals surface area contributed by atoms with Crippen LogP contribution in [0.15, 0.2) is 59.5 Å². The second-order valence-corrected chi connectivity index (χ2v) is 4.25. The Balaban J connectivity index is 1.95. The highest BCUT2D eigenvalue weighted by Gasteiger charge is 1.94. The number of aromatic amines is 1. The van der Waals surface area contributed by atoms with Crippen LogP contribution in [0.3, 0.4) is 0 Å². The van der Waals surface area contributed by atoms with Crippen molar-refractivity contribution in [2.75, 3.05) is 0 Å². The number of hydrogen-bond donors (Lipinski definition) is 1. The number of para-hydroxylation sites is 1. The van der Waals surface area contributed by atoms with E-state index in [4.69, 9.17) is 0 Å². The quantitative estimate of drug-likeness (QED) is 0.757.